The van der Waals surface area contributed by atoms with Gasteiger partial charge in [0, 0.05) is 18.7 Å². The van der Waals surface area contributed by atoms with Crippen LogP contribution < -0.4 is 10.6 Å². The molecule has 3 aromatic carbocycles. The number of pyridine rings is 1. The number of hydrogen-bond acceptors (Lipinski definition) is 4. The standard InChI is InChI=1S/C33H28ClF4N3O3/c34-25-11-14-29(39-19-25)32(18-21-7-3-1-4-8-21,23-15-24(33(36,37)38)17-26(35)16-23)41-30(42)27-12-13-28(27)40-31(43)44-20-22-9-5-2-6-10-22/h1-11,14-17,19,27-28H,12-13,18,20H2,(H,40,43)(H,41,42)/t27-,28+,32-/m0/s1. The van der Waals surface area contributed by atoms with Gasteiger partial charge >= 0.3 is 12.3 Å². The molecule has 1 heterocycles. The highest BCUT2D eigenvalue weighted by Gasteiger charge is 2.45. The summed E-state index contributed by atoms with van der Waals surface area (Å²) in [5, 5.41) is 5.91. The van der Waals surface area contributed by atoms with Crippen molar-refractivity contribution in [3.05, 3.63) is 136 Å². The number of benzene rings is 3. The summed E-state index contributed by atoms with van der Waals surface area (Å²) in [6.45, 7) is 0.0415. The quantitative estimate of drug-likeness (QED) is 0.193. The molecule has 4 aromatic rings. The van der Waals surface area contributed by atoms with Crippen LogP contribution in [0.1, 0.15) is 40.8 Å². The molecule has 2 amide bonds. The van der Waals surface area contributed by atoms with Gasteiger partial charge in [0.05, 0.1) is 22.2 Å². The number of nitrogens with one attached hydrogen (secondary N) is 2. The first-order valence-corrected chi connectivity index (χ1v) is 14.2. The predicted molar refractivity (Wildman–Crippen MR) is 156 cm³/mol. The van der Waals surface area contributed by atoms with Gasteiger partial charge in [-0.05, 0) is 59.9 Å². The number of halogens is 5. The summed E-state index contributed by atoms with van der Waals surface area (Å²) in [5.74, 6) is -2.40. The minimum atomic E-state index is -4.85. The van der Waals surface area contributed by atoms with Crippen LogP contribution in [0, 0.1) is 11.7 Å². The Morgan fingerprint density at radius 2 is 1.55 bits per heavy atom. The number of alkyl carbamates (subject to hydrolysis) is 1. The molecule has 44 heavy (non-hydrogen) atoms. The zero-order valence-corrected chi connectivity index (χ0v) is 24.0. The van der Waals surface area contributed by atoms with Gasteiger partial charge in [0.1, 0.15) is 18.0 Å². The SMILES string of the molecule is O=C(N[C@@H]1CC[C@@H]1C(=O)N[C@@](Cc1ccccc1)(c1cc(F)cc(C(F)(F)F)c1)c1ccc(Cl)cn1)OCc1ccccc1. The smallest absolute Gasteiger partial charge is 0.416 e. The van der Waals surface area contributed by atoms with Crippen LogP contribution >= 0.6 is 11.6 Å². The number of aromatic nitrogens is 1. The van der Waals surface area contributed by atoms with Gasteiger partial charge in [-0.1, -0.05) is 72.3 Å². The molecule has 0 radical (unpaired) electrons. The summed E-state index contributed by atoms with van der Waals surface area (Å²) >= 11 is 6.09. The van der Waals surface area contributed by atoms with Gasteiger partial charge in [-0.3, -0.25) is 9.78 Å². The van der Waals surface area contributed by atoms with Crippen LogP contribution in [-0.4, -0.2) is 23.0 Å². The lowest BCUT2D eigenvalue weighted by Gasteiger charge is -2.41. The largest absolute Gasteiger partial charge is 0.445 e. The molecule has 1 aromatic heterocycles. The van der Waals surface area contributed by atoms with Crippen LogP contribution in [0.2, 0.25) is 5.02 Å². The lowest BCUT2D eigenvalue weighted by molar-refractivity contribution is -0.137. The maximum absolute atomic E-state index is 14.9. The van der Waals surface area contributed by atoms with Crippen molar-refractivity contribution in [2.75, 3.05) is 0 Å². The van der Waals surface area contributed by atoms with Crippen LogP contribution in [0.5, 0.6) is 0 Å². The van der Waals surface area contributed by atoms with Crippen LogP contribution in [0.3, 0.4) is 0 Å². The third-order valence-corrected chi connectivity index (χ3v) is 7.88. The molecule has 2 N–H and O–H groups in total. The number of rotatable bonds is 9. The number of ether oxygens (including phenoxy) is 1. The molecule has 6 nitrogen and oxygen atoms in total. The van der Waals surface area contributed by atoms with Gasteiger partial charge in [-0.2, -0.15) is 13.2 Å². The average molecular weight is 626 g/mol. The van der Waals surface area contributed by atoms with E-state index in [-0.39, 0.29) is 29.3 Å². The molecule has 5 rings (SSSR count). The Labute approximate surface area is 256 Å². The van der Waals surface area contributed by atoms with E-state index in [2.05, 4.69) is 15.6 Å². The van der Waals surface area contributed by atoms with Crippen molar-refractivity contribution in [1.29, 1.82) is 0 Å². The van der Waals surface area contributed by atoms with Crippen LogP contribution in [-0.2, 0) is 34.3 Å². The molecule has 11 heteroatoms. The highest BCUT2D eigenvalue weighted by Crippen LogP contribution is 2.39. The van der Waals surface area contributed by atoms with E-state index in [9.17, 15) is 27.2 Å². The summed E-state index contributed by atoms with van der Waals surface area (Å²) in [4.78, 5) is 30.8. The summed E-state index contributed by atoms with van der Waals surface area (Å²) in [6.07, 6.45) is -3.41. The van der Waals surface area contributed by atoms with Gasteiger partial charge in [0.2, 0.25) is 5.91 Å². The third-order valence-electron chi connectivity index (χ3n) is 7.66. The second kappa shape index (κ2) is 13.1. The number of carbonyl (C=O) groups excluding carboxylic acids is 2. The molecular formula is C33H28ClF4N3O3. The highest BCUT2D eigenvalue weighted by atomic mass is 35.5. The fourth-order valence-corrected chi connectivity index (χ4v) is 5.37. The van der Waals surface area contributed by atoms with Crippen molar-refractivity contribution in [2.24, 2.45) is 5.92 Å². The monoisotopic (exact) mass is 625 g/mol. The van der Waals surface area contributed by atoms with Crippen molar-refractivity contribution in [3.63, 3.8) is 0 Å². The summed E-state index contributed by atoms with van der Waals surface area (Å²) in [7, 11) is 0. The van der Waals surface area contributed by atoms with Gasteiger partial charge in [0.25, 0.3) is 0 Å². The molecule has 1 aliphatic carbocycles. The molecule has 0 spiro atoms. The van der Waals surface area contributed by atoms with Crippen molar-refractivity contribution in [1.82, 2.24) is 15.6 Å². The Morgan fingerprint density at radius 3 is 2.14 bits per heavy atom. The zero-order valence-electron chi connectivity index (χ0n) is 23.3. The first-order chi connectivity index (χ1) is 21.0. The van der Waals surface area contributed by atoms with Crippen molar-refractivity contribution in [2.45, 2.75) is 43.6 Å². The van der Waals surface area contributed by atoms with E-state index in [4.69, 9.17) is 16.3 Å². The third kappa shape index (κ3) is 7.19. The van der Waals surface area contributed by atoms with Gasteiger partial charge in [0.15, 0.2) is 0 Å². The number of alkyl halides is 3. The minimum Gasteiger partial charge on any atom is -0.445 e. The number of amides is 2. The molecule has 0 aliphatic heterocycles. The maximum Gasteiger partial charge on any atom is 0.416 e. The van der Waals surface area contributed by atoms with Crippen molar-refractivity contribution >= 4 is 23.6 Å². The lowest BCUT2D eigenvalue weighted by atomic mass is 9.75. The van der Waals surface area contributed by atoms with Crippen LogP contribution in [0.4, 0.5) is 22.4 Å². The lowest BCUT2D eigenvalue weighted by Crippen LogP contribution is -2.58. The van der Waals surface area contributed by atoms with Gasteiger partial charge in [-0.15, -0.1) is 0 Å². The van der Waals surface area contributed by atoms with Gasteiger partial charge < -0.3 is 15.4 Å². The van der Waals surface area contributed by atoms with E-state index in [1.165, 1.54) is 18.3 Å². The van der Waals surface area contributed by atoms with E-state index in [0.717, 1.165) is 17.7 Å². The van der Waals surface area contributed by atoms with E-state index in [1.807, 2.05) is 18.2 Å². The molecule has 0 bridgehead atoms. The number of nitrogens with zero attached hydrogens (tertiary/aromatic N) is 1. The van der Waals surface area contributed by atoms with E-state index < -0.39 is 47.1 Å². The Kier molecular flexibility index (Phi) is 9.20. The summed E-state index contributed by atoms with van der Waals surface area (Å²) in [5.41, 5.74) is -1.50. The van der Waals surface area contributed by atoms with Crippen LogP contribution in [0.25, 0.3) is 0 Å². The highest BCUT2D eigenvalue weighted by molar-refractivity contribution is 6.30. The fourth-order valence-electron chi connectivity index (χ4n) is 5.26. The van der Waals surface area contributed by atoms with E-state index >= 15 is 0 Å². The Hall–Kier alpha value is -4.44. The van der Waals surface area contributed by atoms with E-state index in [0.29, 0.717) is 24.5 Å². The first kappa shape index (κ1) is 31.0. The fraction of sp³-hybridized carbons (Fsp3) is 0.242. The van der Waals surface area contributed by atoms with Crippen molar-refractivity contribution < 1.29 is 31.9 Å². The Morgan fingerprint density at radius 1 is 0.886 bits per heavy atom. The van der Waals surface area contributed by atoms with Crippen molar-refractivity contribution in [3.8, 4) is 0 Å². The van der Waals surface area contributed by atoms with E-state index in [1.54, 1.807) is 42.5 Å². The molecule has 0 unspecified atom stereocenters. The summed E-state index contributed by atoms with van der Waals surface area (Å²) < 4.78 is 61.8. The minimum absolute atomic E-state index is 0.0415. The number of hydrogen-bond donors (Lipinski definition) is 2. The molecule has 1 fully saturated rings. The molecule has 0 saturated heterocycles. The molecule has 1 saturated carbocycles. The van der Waals surface area contributed by atoms with Crippen LogP contribution in [0.15, 0.2) is 97.2 Å². The second-order valence-corrected chi connectivity index (χ2v) is 11.1. The molecule has 1 aliphatic rings. The van der Waals surface area contributed by atoms with Gasteiger partial charge in [-0.25, -0.2) is 9.18 Å². The Bertz CT molecular complexity index is 1600. The molecule has 228 valence electrons. The zero-order chi connectivity index (χ0) is 31.3. The average Bonchev–Trinajstić information content (AvgIpc) is 2.98. The maximum atomic E-state index is 14.9. The summed E-state index contributed by atoms with van der Waals surface area (Å²) in [6, 6.07) is 22.4. The Balaban J connectivity index is 1.48. The topological polar surface area (TPSA) is 80.3 Å². The number of carbonyl (C=O) groups is 2. The molecular weight excluding hydrogens is 598 g/mol. The molecule has 3 atom stereocenters. The second-order valence-electron chi connectivity index (χ2n) is 10.6. The normalized spacial score (nSPS) is 17.6. The first-order valence-electron chi connectivity index (χ1n) is 13.9. The predicted octanol–water partition coefficient (Wildman–Crippen LogP) is 7.20.